The van der Waals surface area contributed by atoms with Crippen LogP contribution in [0.15, 0.2) is 12.1 Å². The fourth-order valence-corrected chi connectivity index (χ4v) is 1.82. The number of nitrogens with zero attached hydrogens (tertiary/aromatic N) is 1. The summed E-state index contributed by atoms with van der Waals surface area (Å²) < 4.78 is 0. The van der Waals surface area contributed by atoms with Crippen molar-refractivity contribution in [1.29, 1.82) is 0 Å². The zero-order valence-electron chi connectivity index (χ0n) is 7.75. The van der Waals surface area contributed by atoms with Crippen molar-refractivity contribution in [2.24, 2.45) is 0 Å². The van der Waals surface area contributed by atoms with Gasteiger partial charge < -0.3 is 15.7 Å². The van der Waals surface area contributed by atoms with Crippen LogP contribution in [0.2, 0.25) is 0 Å². The van der Waals surface area contributed by atoms with E-state index < -0.39 is 0 Å². The monoisotopic (exact) mass is 178 g/mol. The first-order valence-electron chi connectivity index (χ1n) is 4.46. The Balaban J connectivity index is 2.51. The minimum Gasteiger partial charge on any atom is -0.508 e. The fraction of sp³-hybridized carbons (Fsp3) is 0.400. The van der Waals surface area contributed by atoms with Crippen molar-refractivity contribution < 1.29 is 5.11 Å². The largest absolute Gasteiger partial charge is 0.508 e. The maximum Gasteiger partial charge on any atom is 0.119 e. The van der Waals surface area contributed by atoms with E-state index in [1.54, 1.807) is 12.1 Å². The summed E-state index contributed by atoms with van der Waals surface area (Å²) in [4.78, 5) is 2.21. The van der Waals surface area contributed by atoms with Gasteiger partial charge in [-0.15, -0.1) is 0 Å². The zero-order chi connectivity index (χ0) is 9.42. The van der Waals surface area contributed by atoms with E-state index in [-0.39, 0.29) is 0 Å². The molecule has 1 aliphatic rings. The lowest BCUT2D eigenvalue weighted by Gasteiger charge is -2.26. The first kappa shape index (κ1) is 8.38. The van der Waals surface area contributed by atoms with Crippen LogP contribution in [0, 0.1) is 0 Å². The lowest BCUT2D eigenvalue weighted by molar-refractivity contribution is 0.309. The summed E-state index contributed by atoms with van der Waals surface area (Å²) in [5.74, 6) is 0.386. The Kier molecular flexibility index (Phi) is 1.88. The number of phenolic OH excluding ortho intramolecular Hbond substituents is 1. The van der Waals surface area contributed by atoms with Gasteiger partial charge in [0.1, 0.15) is 5.75 Å². The summed E-state index contributed by atoms with van der Waals surface area (Å²) in [6.07, 6.45) is 0.892. The minimum absolute atomic E-state index is 0.386. The Morgan fingerprint density at radius 3 is 2.92 bits per heavy atom. The van der Waals surface area contributed by atoms with Crippen LogP contribution in [0.25, 0.3) is 0 Å². The number of likely N-dealkylation sites (N-methyl/N-ethyl adjacent to an activating group) is 1. The average Bonchev–Trinajstić information content (AvgIpc) is 2.12. The van der Waals surface area contributed by atoms with Crippen LogP contribution >= 0.6 is 0 Å². The minimum atomic E-state index is 0.386. The maximum atomic E-state index is 9.59. The summed E-state index contributed by atoms with van der Waals surface area (Å²) in [5.41, 5.74) is 8.74. The van der Waals surface area contributed by atoms with Gasteiger partial charge in [0.2, 0.25) is 0 Å². The number of nitrogen functional groups attached to an aromatic ring is 1. The molecule has 0 unspecified atom stereocenters. The highest BCUT2D eigenvalue weighted by Crippen LogP contribution is 2.30. The molecule has 3 N–H and O–H groups in total. The number of rotatable bonds is 0. The van der Waals surface area contributed by atoms with Gasteiger partial charge in [-0.1, -0.05) is 0 Å². The van der Waals surface area contributed by atoms with E-state index in [9.17, 15) is 5.11 Å². The van der Waals surface area contributed by atoms with E-state index in [1.165, 1.54) is 0 Å². The number of phenols is 1. The fourth-order valence-electron chi connectivity index (χ4n) is 1.82. The lowest BCUT2D eigenvalue weighted by Crippen LogP contribution is -2.27. The Morgan fingerprint density at radius 2 is 2.15 bits per heavy atom. The molecule has 13 heavy (non-hydrogen) atoms. The van der Waals surface area contributed by atoms with Gasteiger partial charge in [-0.2, -0.15) is 0 Å². The van der Waals surface area contributed by atoms with E-state index in [2.05, 4.69) is 11.9 Å². The third-order valence-corrected chi connectivity index (χ3v) is 2.61. The second kappa shape index (κ2) is 2.92. The van der Waals surface area contributed by atoms with Crippen molar-refractivity contribution in [3.8, 4) is 5.75 Å². The molecule has 1 aromatic rings. The molecule has 0 fully saturated rings. The van der Waals surface area contributed by atoms with E-state index in [1.807, 2.05) is 0 Å². The summed E-state index contributed by atoms with van der Waals surface area (Å²) in [7, 11) is 2.06. The Bertz CT molecular complexity index is 336. The molecule has 0 saturated carbocycles. The smallest absolute Gasteiger partial charge is 0.119 e. The molecule has 0 amide bonds. The van der Waals surface area contributed by atoms with Crippen LogP contribution in [0.1, 0.15) is 11.1 Å². The van der Waals surface area contributed by atoms with Crippen molar-refractivity contribution in [2.75, 3.05) is 19.3 Å². The van der Waals surface area contributed by atoms with Crippen LogP contribution in [0.5, 0.6) is 5.75 Å². The molecular weight excluding hydrogens is 164 g/mol. The topological polar surface area (TPSA) is 49.5 Å². The van der Waals surface area contributed by atoms with Crippen molar-refractivity contribution in [1.82, 2.24) is 4.90 Å². The normalized spacial score (nSPS) is 17.0. The standard InChI is InChI=1S/C10H14N2O/c1-12-5-4-7-8(6-12)9(11)2-3-10(7)13/h2-3,13H,4-6,11H2,1H3. The molecule has 3 heteroatoms. The number of anilines is 1. The summed E-state index contributed by atoms with van der Waals surface area (Å²) >= 11 is 0. The highest BCUT2D eigenvalue weighted by Gasteiger charge is 2.18. The van der Waals surface area contributed by atoms with Gasteiger partial charge in [0, 0.05) is 24.3 Å². The van der Waals surface area contributed by atoms with Crippen molar-refractivity contribution in [3.63, 3.8) is 0 Å². The summed E-state index contributed by atoms with van der Waals surface area (Å²) in [6.45, 7) is 1.83. The van der Waals surface area contributed by atoms with Crippen LogP contribution in [0.4, 0.5) is 5.69 Å². The number of hydrogen-bond acceptors (Lipinski definition) is 3. The Hall–Kier alpha value is -1.22. The highest BCUT2D eigenvalue weighted by molar-refractivity contribution is 5.56. The number of nitrogens with two attached hydrogens (primary N) is 1. The van der Waals surface area contributed by atoms with Crippen molar-refractivity contribution in [2.45, 2.75) is 13.0 Å². The zero-order valence-corrected chi connectivity index (χ0v) is 7.75. The van der Waals surface area contributed by atoms with Crippen molar-refractivity contribution in [3.05, 3.63) is 23.3 Å². The SMILES string of the molecule is CN1CCc2c(O)ccc(N)c2C1. The van der Waals surface area contributed by atoms with Crippen molar-refractivity contribution >= 4 is 5.69 Å². The predicted molar refractivity (Wildman–Crippen MR) is 52.6 cm³/mol. The highest BCUT2D eigenvalue weighted by atomic mass is 16.3. The van der Waals surface area contributed by atoms with E-state index in [0.717, 1.165) is 36.3 Å². The van der Waals surface area contributed by atoms with Gasteiger partial charge >= 0.3 is 0 Å². The summed E-state index contributed by atoms with van der Waals surface area (Å²) in [5, 5.41) is 9.59. The molecule has 1 aliphatic heterocycles. The van der Waals surface area contributed by atoms with Crippen LogP contribution < -0.4 is 5.73 Å². The average molecular weight is 178 g/mol. The molecule has 0 aromatic heterocycles. The molecule has 0 spiro atoms. The Labute approximate surface area is 77.8 Å². The molecule has 3 nitrogen and oxygen atoms in total. The number of fused-ring (bicyclic) bond motifs is 1. The van der Waals surface area contributed by atoms with E-state index in [0.29, 0.717) is 5.75 Å². The van der Waals surface area contributed by atoms with Gasteiger partial charge in [0.25, 0.3) is 0 Å². The third-order valence-electron chi connectivity index (χ3n) is 2.61. The first-order valence-corrected chi connectivity index (χ1v) is 4.46. The van der Waals surface area contributed by atoms with Crippen LogP contribution in [0.3, 0.4) is 0 Å². The predicted octanol–water partition coefficient (Wildman–Crippen LogP) is 0.962. The van der Waals surface area contributed by atoms with E-state index in [4.69, 9.17) is 5.73 Å². The molecule has 0 atom stereocenters. The molecule has 0 aliphatic carbocycles. The molecular formula is C10H14N2O. The van der Waals surface area contributed by atoms with Gasteiger partial charge in [0.05, 0.1) is 0 Å². The second-order valence-corrected chi connectivity index (χ2v) is 3.62. The van der Waals surface area contributed by atoms with Crippen LogP contribution in [-0.2, 0) is 13.0 Å². The number of aromatic hydroxyl groups is 1. The van der Waals surface area contributed by atoms with Crippen LogP contribution in [-0.4, -0.2) is 23.6 Å². The molecule has 0 saturated heterocycles. The second-order valence-electron chi connectivity index (χ2n) is 3.62. The third kappa shape index (κ3) is 1.35. The van der Waals surface area contributed by atoms with E-state index >= 15 is 0 Å². The molecule has 0 bridgehead atoms. The Morgan fingerprint density at radius 1 is 1.38 bits per heavy atom. The maximum absolute atomic E-state index is 9.59. The van der Waals surface area contributed by atoms with Gasteiger partial charge in [-0.3, -0.25) is 0 Å². The summed E-state index contributed by atoms with van der Waals surface area (Å²) in [6, 6.07) is 3.45. The quantitative estimate of drug-likeness (QED) is 0.459. The molecule has 70 valence electrons. The number of benzene rings is 1. The van der Waals surface area contributed by atoms with Gasteiger partial charge in [-0.25, -0.2) is 0 Å². The van der Waals surface area contributed by atoms with Gasteiger partial charge in [-0.05, 0) is 31.2 Å². The number of hydrogen-bond donors (Lipinski definition) is 2. The van der Waals surface area contributed by atoms with Gasteiger partial charge in [0.15, 0.2) is 0 Å². The molecule has 2 rings (SSSR count). The molecule has 1 heterocycles. The lowest BCUT2D eigenvalue weighted by atomic mass is 9.97. The molecule has 0 radical (unpaired) electrons. The first-order chi connectivity index (χ1) is 6.18. The molecule has 1 aromatic carbocycles.